The molecule has 0 aliphatic heterocycles. The van der Waals surface area contributed by atoms with E-state index in [1.165, 1.54) is 12.8 Å². The van der Waals surface area contributed by atoms with Gasteiger partial charge in [-0.15, -0.1) is 5.10 Å². The monoisotopic (exact) mass is 301 g/mol. The molecule has 0 bridgehead atoms. The molecule has 1 fully saturated rings. The van der Waals surface area contributed by atoms with Crippen LogP contribution in [0.25, 0.3) is 5.69 Å². The number of hydrogen-bond donors (Lipinski definition) is 2. The van der Waals surface area contributed by atoms with Gasteiger partial charge in [0.2, 0.25) is 0 Å². The SMILES string of the molecule is CC(Nc1nn(-c2ccc(Cl)cc2)c(N)c1C#N)C1CC1. The Morgan fingerprint density at radius 2 is 2.10 bits per heavy atom. The van der Waals surface area contributed by atoms with Crippen LogP contribution in [0.1, 0.15) is 25.3 Å². The zero-order chi connectivity index (χ0) is 15.0. The van der Waals surface area contributed by atoms with Crippen LogP contribution in [0.4, 0.5) is 11.6 Å². The second-order valence-corrected chi connectivity index (χ2v) is 5.82. The third-order valence-corrected chi connectivity index (χ3v) is 4.05. The van der Waals surface area contributed by atoms with Crippen LogP contribution in [0.5, 0.6) is 0 Å². The molecular formula is C15H16ClN5. The van der Waals surface area contributed by atoms with Gasteiger partial charge in [0.25, 0.3) is 0 Å². The molecule has 3 N–H and O–H groups in total. The van der Waals surface area contributed by atoms with Crippen molar-refractivity contribution in [2.75, 3.05) is 11.1 Å². The van der Waals surface area contributed by atoms with E-state index in [4.69, 9.17) is 17.3 Å². The van der Waals surface area contributed by atoms with Crippen LogP contribution in [-0.2, 0) is 0 Å². The molecule has 1 aromatic carbocycles. The molecule has 0 spiro atoms. The van der Waals surface area contributed by atoms with Crippen molar-refractivity contribution in [3.63, 3.8) is 0 Å². The molecule has 1 aliphatic rings. The maximum atomic E-state index is 9.33. The van der Waals surface area contributed by atoms with Crippen molar-refractivity contribution in [2.24, 2.45) is 5.92 Å². The summed E-state index contributed by atoms with van der Waals surface area (Å²) in [6.07, 6.45) is 2.45. The van der Waals surface area contributed by atoms with Crippen LogP contribution < -0.4 is 11.1 Å². The molecule has 0 radical (unpaired) electrons. The molecule has 3 rings (SSSR count). The molecule has 5 nitrogen and oxygen atoms in total. The van der Waals surface area contributed by atoms with Gasteiger partial charge in [0.15, 0.2) is 5.82 Å². The Labute approximate surface area is 128 Å². The Balaban J connectivity index is 1.96. The Bertz CT molecular complexity index is 694. The van der Waals surface area contributed by atoms with E-state index in [-0.39, 0.29) is 0 Å². The maximum Gasteiger partial charge on any atom is 0.168 e. The summed E-state index contributed by atoms with van der Waals surface area (Å²) in [6.45, 7) is 2.11. The lowest BCUT2D eigenvalue weighted by molar-refractivity contribution is 0.687. The molecule has 0 saturated heterocycles. The van der Waals surface area contributed by atoms with Gasteiger partial charge in [0.1, 0.15) is 17.5 Å². The van der Waals surface area contributed by atoms with Gasteiger partial charge in [-0.1, -0.05) is 11.6 Å². The van der Waals surface area contributed by atoms with Gasteiger partial charge < -0.3 is 11.1 Å². The van der Waals surface area contributed by atoms with Crippen LogP contribution in [0.15, 0.2) is 24.3 Å². The van der Waals surface area contributed by atoms with Gasteiger partial charge in [0, 0.05) is 11.1 Å². The molecule has 1 aliphatic carbocycles. The number of rotatable bonds is 4. The van der Waals surface area contributed by atoms with E-state index < -0.39 is 0 Å². The van der Waals surface area contributed by atoms with Crippen molar-refractivity contribution in [2.45, 2.75) is 25.8 Å². The minimum Gasteiger partial charge on any atom is -0.382 e. The molecule has 1 heterocycles. The highest BCUT2D eigenvalue weighted by Crippen LogP contribution is 2.35. The van der Waals surface area contributed by atoms with Gasteiger partial charge in [-0.2, -0.15) is 5.26 Å². The third kappa shape index (κ3) is 2.67. The molecule has 6 heteroatoms. The number of hydrogen-bond acceptors (Lipinski definition) is 4. The third-order valence-electron chi connectivity index (χ3n) is 3.80. The van der Waals surface area contributed by atoms with Crippen LogP contribution in [0.3, 0.4) is 0 Å². The van der Waals surface area contributed by atoms with Gasteiger partial charge in [-0.05, 0) is 49.9 Å². The molecule has 1 unspecified atom stereocenters. The highest BCUT2D eigenvalue weighted by Gasteiger charge is 2.29. The van der Waals surface area contributed by atoms with Crippen LogP contribution in [0.2, 0.25) is 5.02 Å². The van der Waals surface area contributed by atoms with E-state index in [9.17, 15) is 5.26 Å². The maximum absolute atomic E-state index is 9.33. The summed E-state index contributed by atoms with van der Waals surface area (Å²) >= 11 is 5.89. The number of aromatic nitrogens is 2. The fraction of sp³-hybridized carbons (Fsp3) is 0.333. The Morgan fingerprint density at radius 3 is 2.67 bits per heavy atom. The lowest BCUT2D eigenvalue weighted by Crippen LogP contribution is -2.18. The van der Waals surface area contributed by atoms with Gasteiger partial charge in [-0.25, -0.2) is 4.68 Å². The van der Waals surface area contributed by atoms with E-state index >= 15 is 0 Å². The number of nitrogens with one attached hydrogen (secondary N) is 1. The van der Waals surface area contributed by atoms with Gasteiger partial charge >= 0.3 is 0 Å². The highest BCUT2D eigenvalue weighted by molar-refractivity contribution is 6.30. The predicted octanol–water partition coefficient (Wildman–Crippen LogP) is 3.19. The average molecular weight is 302 g/mol. The number of nitrogen functional groups attached to an aromatic ring is 1. The molecule has 1 atom stereocenters. The largest absolute Gasteiger partial charge is 0.382 e. The quantitative estimate of drug-likeness (QED) is 0.909. The molecule has 2 aromatic rings. The smallest absolute Gasteiger partial charge is 0.168 e. The molecule has 0 amide bonds. The second kappa shape index (κ2) is 5.30. The van der Waals surface area contributed by atoms with Gasteiger partial charge in [-0.3, -0.25) is 0 Å². The summed E-state index contributed by atoms with van der Waals surface area (Å²) in [5.74, 6) is 1.55. The number of anilines is 2. The van der Waals surface area contributed by atoms with E-state index in [0.29, 0.717) is 34.2 Å². The number of nitrogens with zero attached hydrogens (tertiary/aromatic N) is 3. The van der Waals surface area contributed by atoms with Crippen molar-refractivity contribution in [1.82, 2.24) is 9.78 Å². The zero-order valence-electron chi connectivity index (χ0n) is 11.7. The fourth-order valence-electron chi connectivity index (χ4n) is 2.35. The lowest BCUT2D eigenvalue weighted by atomic mass is 10.2. The van der Waals surface area contributed by atoms with E-state index in [1.54, 1.807) is 16.8 Å². The first kappa shape index (κ1) is 13.8. The Kier molecular flexibility index (Phi) is 3.48. The summed E-state index contributed by atoms with van der Waals surface area (Å²) < 4.78 is 1.57. The van der Waals surface area contributed by atoms with E-state index in [1.807, 2.05) is 12.1 Å². The summed E-state index contributed by atoms with van der Waals surface area (Å²) in [6, 6.07) is 9.61. The zero-order valence-corrected chi connectivity index (χ0v) is 12.4. The first-order valence-electron chi connectivity index (χ1n) is 6.91. The highest BCUT2D eigenvalue weighted by atomic mass is 35.5. The summed E-state index contributed by atoms with van der Waals surface area (Å²) in [5, 5.41) is 17.7. The normalized spacial score (nSPS) is 15.5. The number of nitrogens with two attached hydrogens (primary N) is 1. The molecule has 1 aromatic heterocycles. The van der Waals surface area contributed by atoms with E-state index in [2.05, 4.69) is 23.4 Å². The standard InChI is InChI=1S/C15H16ClN5/c1-9(10-2-3-10)19-15-13(8-17)14(18)21(20-15)12-6-4-11(16)5-7-12/h4-7,9-10H,2-3,18H2,1H3,(H,19,20). The van der Waals surface area contributed by atoms with Crippen LogP contribution in [0, 0.1) is 17.2 Å². The van der Waals surface area contributed by atoms with Crippen molar-refractivity contribution in [1.29, 1.82) is 5.26 Å². The Hall–Kier alpha value is -2.19. The minimum atomic E-state index is 0.296. The predicted molar refractivity (Wildman–Crippen MR) is 83.5 cm³/mol. The number of nitriles is 1. The Morgan fingerprint density at radius 1 is 1.43 bits per heavy atom. The number of benzene rings is 1. The lowest BCUT2D eigenvalue weighted by Gasteiger charge is -2.11. The van der Waals surface area contributed by atoms with Crippen LogP contribution in [-0.4, -0.2) is 15.8 Å². The molecular weight excluding hydrogens is 286 g/mol. The first-order chi connectivity index (χ1) is 10.1. The second-order valence-electron chi connectivity index (χ2n) is 5.38. The van der Waals surface area contributed by atoms with Crippen molar-refractivity contribution in [3.8, 4) is 11.8 Å². The molecule has 108 valence electrons. The number of halogens is 1. The van der Waals surface area contributed by atoms with Crippen molar-refractivity contribution < 1.29 is 0 Å². The van der Waals surface area contributed by atoms with E-state index in [0.717, 1.165) is 5.69 Å². The fourth-order valence-corrected chi connectivity index (χ4v) is 2.48. The summed E-state index contributed by atoms with van der Waals surface area (Å²) in [7, 11) is 0. The average Bonchev–Trinajstić information content (AvgIpc) is 3.26. The van der Waals surface area contributed by atoms with Crippen molar-refractivity contribution >= 4 is 23.2 Å². The summed E-state index contributed by atoms with van der Waals surface area (Å²) in [5.41, 5.74) is 7.22. The van der Waals surface area contributed by atoms with Crippen LogP contribution >= 0.6 is 11.6 Å². The van der Waals surface area contributed by atoms with Crippen molar-refractivity contribution in [3.05, 3.63) is 34.9 Å². The molecule has 21 heavy (non-hydrogen) atoms. The molecule has 1 saturated carbocycles. The minimum absolute atomic E-state index is 0.296. The first-order valence-corrected chi connectivity index (χ1v) is 7.29. The summed E-state index contributed by atoms with van der Waals surface area (Å²) in [4.78, 5) is 0. The van der Waals surface area contributed by atoms with Gasteiger partial charge in [0.05, 0.1) is 5.69 Å². The topological polar surface area (TPSA) is 79.7 Å².